The number of halogens is 1. The molecule has 20 heavy (non-hydrogen) atoms. The van der Waals surface area contributed by atoms with E-state index in [2.05, 4.69) is 15.5 Å². The third-order valence-corrected chi connectivity index (χ3v) is 3.32. The van der Waals surface area contributed by atoms with E-state index < -0.39 is 4.92 Å². The lowest BCUT2D eigenvalue weighted by atomic mass is 10.3. The van der Waals surface area contributed by atoms with Crippen molar-refractivity contribution in [1.82, 2.24) is 10.2 Å². The molecule has 1 heterocycles. The molecule has 1 aromatic heterocycles. The zero-order valence-electron chi connectivity index (χ0n) is 10.4. The zero-order chi connectivity index (χ0) is 14.1. The van der Waals surface area contributed by atoms with Crippen molar-refractivity contribution in [2.75, 3.05) is 5.32 Å². The van der Waals surface area contributed by atoms with Crippen molar-refractivity contribution in [3.63, 3.8) is 0 Å². The van der Waals surface area contributed by atoms with Crippen molar-refractivity contribution in [2.45, 2.75) is 25.3 Å². The van der Waals surface area contributed by atoms with Crippen LogP contribution in [-0.4, -0.2) is 15.1 Å². The van der Waals surface area contributed by atoms with E-state index in [1.54, 1.807) is 6.07 Å². The lowest BCUT2D eigenvalue weighted by molar-refractivity contribution is -0.384. The Bertz CT molecular complexity index is 654. The molecule has 3 rings (SSSR count). The predicted molar refractivity (Wildman–Crippen MR) is 71.7 cm³/mol. The van der Waals surface area contributed by atoms with Gasteiger partial charge in [-0.1, -0.05) is 11.6 Å². The molecule has 0 spiro atoms. The fourth-order valence-corrected chi connectivity index (χ4v) is 2.01. The van der Waals surface area contributed by atoms with Crippen LogP contribution in [0.25, 0.3) is 0 Å². The van der Waals surface area contributed by atoms with E-state index in [4.69, 9.17) is 16.0 Å². The summed E-state index contributed by atoms with van der Waals surface area (Å²) in [5.74, 6) is 1.57. The average molecular weight is 295 g/mol. The molecule has 8 heteroatoms. The summed E-state index contributed by atoms with van der Waals surface area (Å²) < 4.78 is 5.50. The summed E-state index contributed by atoms with van der Waals surface area (Å²) in [7, 11) is 0. The van der Waals surface area contributed by atoms with Crippen LogP contribution in [0.15, 0.2) is 22.6 Å². The molecule has 1 N–H and O–H groups in total. The molecule has 0 aliphatic heterocycles. The molecule has 1 aromatic carbocycles. The van der Waals surface area contributed by atoms with Gasteiger partial charge < -0.3 is 9.73 Å². The number of hydrogen-bond acceptors (Lipinski definition) is 6. The minimum atomic E-state index is -0.490. The van der Waals surface area contributed by atoms with Gasteiger partial charge in [0.05, 0.1) is 22.2 Å². The van der Waals surface area contributed by atoms with E-state index in [9.17, 15) is 10.1 Å². The van der Waals surface area contributed by atoms with E-state index >= 15 is 0 Å². The number of anilines is 1. The van der Waals surface area contributed by atoms with Gasteiger partial charge >= 0.3 is 0 Å². The Labute approximate surface area is 119 Å². The number of hydrogen-bond donors (Lipinski definition) is 1. The van der Waals surface area contributed by atoms with Crippen LogP contribution in [-0.2, 0) is 6.54 Å². The van der Waals surface area contributed by atoms with Crippen LogP contribution < -0.4 is 5.32 Å². The quantitative estimate of drug-likeness (QED) is 0.672. The Morgan fingerprint density at radius 2 is 2.25 bits per heavy atom. The molecule has 0 unspecified atom stereocenters. The highest BCUT2D eigenvalue weighted by molar-refractivity contribution is 6.33. The maximum atomic E-state index is 10.6. The summed E-state index contributed by atoms with van der Waals surface area (Å²) in [5.41, 5.74) is 0.540. The number of non-ortho nitro benzene ring substituents is 1. The lowest BCUT2D eigenvalue weighted by Crippen LogP contribution is -2.00. The topological polar surface area (TPSA) is 94.1 Å². The van der Waals surface area contributed by atoms with Crippen molar-refractivity contribution < 1.29 is 9.34 Å². The first-order valence-corrected chi connectivity index (χ1v) is 6.51. The summed E-state index contributed by atoms with van der Waals surface area (Å²) in [6.07, 6.45) is 2.20. The second-order valence-corrected chi connectivity index (χ2v) is 4.99. The Morgan fingerprint density at radius 3 is 2.90 bits per heavy atom. The van der Waals surface area contributed by atoms with E-state index in [0.29, 0.717) is 29.9 Å². The number of nitrogens with zero attached hydrogens (tertiary/aromatic N) is 3. The molecule has 1 aliphatic rings. The summed E-state index contributed by atoms with van der Waals surface area (Å²) in [4.78, 5) is 10.1. The predicted octanol–water partition coefficient (Wildman–Crippen LogP) is 3.12. The molecule has 0 saturated heterocycles. The minimum Gasteiger partial charge on any atom is -0.423 e. The fraction of sp³-hybridized carbons (Fsp3) is 0.333. The van der Waals surface area contributed by atoms with E-state index in [1.807, 2.05) is 0 Å². The maximum absolute atomic E-state index is 10.6. The van der Waals surface area contributed by atoms with E-state index in [0.717, 1.165) is 12.8 Å². The van der Waals surface area contributed by atoms with Gasteiger partial charge in [-0.05, 0) is 18.9 Å². The molecule has 0 radical (unpaired) electrons. The van der Waals surface area contributed by atoms with Gasteiger partial charge in [-0.15, -0.1) is 10.2 Å². The van der Waals surface area contributed by atoms with Crippen LogP contribution in [0, 0.1) is 10.1 Å². The van der Waals surface area contributed by atoms with Gasteiger partial charge in [0.1, 0.15) is 0 Å². The van der Waals surface area contributed by atoms with Crippen molar-refractivity contribution >= 4 is 23.0 Å². The Morgan fingerprint density at radius 1 is 1.45 bits per heavy atom. The van der Waals surface area contributed by atoms with Crippen molar-refractivity contribution in [3.8, 4) is 0 Å². The van der Waals surface area contributed by atoms with Crippen LogP contribution >= 0.6 is 11.6 Å². The molecule has 1 saturated carbocycles. The molecule has 0 amide bonds. The Kier molecular flexibility index (Phi) is 3.27. The van der Waals surface area contributed by atoms with Gasteiger partial charge in [-0.2, -0.15) is 0 Å². The van der Waals surface area contributed by atoms with Crippen LogP contribution in [0.3, 0.4) is 0 Å². The first kappa shape index (κ1) is 12.9. The van der Waals surface area contributed by atoms with E-state index in [1.165, 1.54) is 12.1 Å². The highest BCUT2D eigenvalue weighted by Crippen LogP contribution is 2.39. The van der Waals surface area contributed by atoms with Crippen molar-refractivity contribution in [2.24, 2.45) is 0 Å². The van der Waals surface area contributed by atoms with Gasteiger partial charge in [0.25, 0.3) is 5.69 Å². The normalized spacial score (nSPS) is 14.2. The fourth-order valence-electron chi connectivity index (χ4n) is 1.77. The van der Waals surface area contributed by atoms with Gasteiger partial charge in [0, 0.05) is 18.1 Å². The third kappa shape index (κ3) is 2.72. The maximum Gasteiger partial charge on any atom is 0.271 e. The standard InChI is InChI=1S/C12H11ClN4O3/c13-9-5-8(17(18)19)3-4-10(9)14-6-11-15-16-12(20-11)7-1-2-7/h3-5,7,14H,1-2,6H2. The number of nitrogens with one attached hydrogen (secondary N) is 1. The SMILES string of the molecule is O=[N+]([O-])c1ccc(NCc2nnc(C3CC3)o2)c(Cl)c1. The van der Waals surface area contributed by atoms with Gasteiger partial charge in [-0.25, -0.2) is 0 Å². The Hall–Kier alpha value is -2.15. The first-order chi connectivity index (χ1) is 9.63. The number of rotatable bonds is 5. The largest absolute Gasteiger partial charge is 0.423 e. The van der Waals surface area contributed by atoms with Crippen LogP contribution in [0.2, 0.25) is 5.02 Å². The van der Waals surface area contributed by atoms with Crippen LogP contribution in [0.1, 0.15) is 30.5 Å². The molecular weight excluding hydrogens is 284 g/mol. The number of nitro benzene ring substituents is 1. The molecular formula is C12H11ClN4O3. The van der Waals surface area contributed by atoms with Crippen molar-refractivity contribution in [1.29, 1.82) is 0 Å². The molecule has 0 atom stereocenters. The second-order valence-electron chi connectivity index (χ2n) is 4.58. The summed E-state index contributed by atoms with van der Waals surface area (Å²) >= 11 is 5.97. The minimum absolute atomic E-state index is 0.0469. The van der Waals surface area contributed by atoms with Crippen LogP contribution in [0.5, 0.6) is 0 Å². The monoisotopic (exact) mass is 294 g/mol. The lowest BCUT2D eigenvalue weighted by Gasteiger charge is -2.05. The average Bonchev–Trinajstić information content (AvgIpc) is 3.17. The summed E-state index contributed by atoms with van der Waals surface area (Å²) in [6, 6.07) is 4.24. The third-order valence-electron chi connectivity index (χ3n) is 3.00. The van der Waals surface area contributed by atoms with Gasteiger partial charge in [0.2, 0.25) is 11.8 Å². The molecule has 7 nitrogen and oxygen atoms in total. The summed E-state index contributed by atoms with van der Waals surface area (Å²) in [6.45, 7) is 0.331. The number of benzene rings is 1. The molecule has 1 aliphatic carbocycles. The summed E-state index contributed by atoms with van der Waals surface area (Å²) in [5, 5.41) is 21.8. The zero-order valence-corrected chi connectivity index (χ0v) is 11.1. The number of nitro groups is 1. The highest BCUT2D eigenvalue weighted by atomic mass is 35.5. The van der Waals surface area contributed by atoms with Gasteiger partial charge in [0.15, 0.2) is 0 Å². The molecule has 2 aromatic rings. The Balaban J connectivity index is 1.66. The molecule has 1 fully saturated rings. The molecule has 104 valence electrons. The van der Waals surface area contributed by atoms with Crippen molar-refractivity contribution in [3.05, 3.63) is 45.1 Å². The van der Waals surface area contributed by atoms with Gasteiger partial charge in [-0.3, -0.25) is 10.1 Å². The van der Waals surface area contributed by atoms with E-state index in [-0.39, 0.29) is 10.7 Å². The first-order valence-electron chi connectivity index (χ1n) is 6.13. The molecule has 0 bridgehead atoms. The smallest absolute Gasteiger partial charge is 0.271 e. The highest BCUT2D eigenvalue weighted by Gasteiger charge is 2.29. The number of aromatic nitrogens is 2. The van der Waals surface area contributed by atoms with Crippen LogP contribution in [0.4, 0.5) is 11.4 Å². The second kappa shape index (κ2) is 5.09.